The first-order valence-corrected chi connectivity index (χ1v) is 7.50. The number of halogens is 3. The summed E-state index contributed by atoms with van der Waals surface area (Å²) in [4.78, 5) is 0.514. The van der Waals surface area contributed by atoms with Crippen molar-refractivity contribution in [3.63, 3.8) is 0 Å². The Labute approximate surface area is 123 Å². The molecule has 2 rings (SSSR count). The molecule has 112 valence electrons. The average molecular weight is 313 g/mol. The molecule has 0 spiro atoms. The van der Waals surface area contributed by atoms with Crippen molar-refractivity contribution in [2.24, 2.45) is 0 Å². The molecule has 0 aliphatic heterocycles. The number of benzene rings is 2. The normalized spacial score (nSPS) is 13.1. The van der Waals surface area contributed by atoms with Crippen molar-refractivity contribution in [1.82, 2.24) is 0 Å². The van der Waals surface area contributed by atoms with Gasteiger partial charge in [-0.25, -0.2) is 0 Å². The lowest BCUT2D eigenvalue weighted by Crippen LogP contribution is -2.11. The van der Waals surface area contributed by atoms with Gasteiger partial charge >= 0.3 is 6.18 Å². The van der Waals surface area contributed by atoms with Gasteiger partial charge in [0.05, 0.1) is 22.1 Å². The number of nitrogens with two attached hydrogens (primary N) is 1. The van der Waals surface area contributed by atoms with E-state index in [1.54, 1.807) is 18.2 Å². The van der Waals surface area contributed by atoms with Gasteiger partial charge in [-0.3, -0.25) is 4.21 Å². The molecule has 0 saturated carbocycles. The summed E-state index contributed by atoms with van der Waals surface area (Å²) in [5, 5.41) is 0. The molecule has 0 aromatic heterocycles. The molecule has 0 aliphatic carbocycles. The molecule has 0 bridgehead atoms. The van der Waals surface area contributed by atoms with Crippen molar-refractivity contribution < 1.29 is 17.4 Å². The highest BCUT2D eigenvalue weighted by Gasteiger charge is 2.33. The fourth-order valence-corrected chi connectivity index (χ4v) is 3.21. The second-order valence-electron chi connectivity index (χ2n) is 4.72. The first-order valence-electron chi connectivity index (χ1n) is 6.18. The number of alkyl halides is 3. The van der Waals surface area contributed by atoms with Gasteiger partial charge in [0.2, 0.25) is 0 Å². The average Bonchev–Trinajstić information content (AvgIpc) is 2.39. The standard InChI is InChI=1S/C15H14F3NOS/c1-10-3-2-4-13(7-10)21(20)9-11-5-6-12(19)8-14(11)15(16,17)18/h2-8H,9,19H2,1H3. The Morgan fingerprint density at radius 1 is 1.14 bits per heavy atom. The van der Waals surface area contributed by atoms with Gasteiger partial charge in [-0.15, -0.1) is 0 Å². The highest BCUT2D eigenvalue weighted by atomic mass is 32.2. The summed E-state index contributed by atoms with van der Waals surface area (Å²) in [5.41, 5.74) is 5.51. The lowest BCUT2D eigenvalue weighted by molar-refractivity contribution is -0.138. The molecule has 0 fully saturated rings. The molecule has 1 atom stereocenters. The van der Waals surface area contributed by atoms with E-state index in [0.717, 1.165) is 11.6 Å². The van der Waals surface area contributed by atoms with E-state index in [1.165, 1.54) is 12.1 Å². The number of aryl methyl sites for hydroxylation is 1. The second kappa shape index (κ2) is 5.89. The number of nitrogen functional groups attached to an aromatic ring is 1. The molecule has 1 unspecified atom stereocenters. The van der Waals surface area contributed by atoms with E-state index in [-0.39, 0.29) is 17.0 Å². The van der Waals surface area contributed by atoms with Crippen molar-refractivity contribution in [3.05, 3.63) is 59.2 Å². The van der Waals surface area contributed by atoms with E-state index < -0.39 is 22.5 Å². The minimum atomic E-state index is -4.51. The molecule has 2 aromatic rings. The molecular formula is C15H14F3NOS. The topological polar surface area (TPSA) is 43.1 Å². The maximum absolute atomic E-state index is 13.0. The Balaban J connectivity index is 2.34. The van der Waals surface area contributed by atoms with Gasteiger partial charge in [0, 0.05) is 10.6 Å². The smallest absolute Gasteiger partial charge is 0.399 e. The van der Waals surface area contributed by atoms with Crippen LogP contribution in [0.1, 0.15) is 16.7 Å². The van der Waals surface area contributed by atoms with Gasteiger partial charge in [-0.1, -0.05) is 18.2 Å². The molecule has 2 nitrogen and oxygen atoms in total. The van der Waals surface area contributed by atoms with Crippen LogP contribution in [0.15, 0.2) is 47.4 Å². The quantitative estimate of drug-likeness (QED) is 0.873. The van der Waals surface area contributed by atoms with E-state index in [2.05, 4.69) is 0 Å². The van der Waals surface area contributed by atoms with Crippen molar-refractivity contribution in [3.8, 4) is 0 Å². The van der Waals surface area contributed by atoms with Crippen LogP contribution in [0.5, 0.6) is 0 Å². The summed E-state index contributed by atoms with van der Waals surface area (Å²) in [5.74, 6) is -0.196. The van der Waals surface area contributed by atoms with E-state index in [4.69, 9.17) is 5.73 Å². The third kappa shape index (κ3) is 3.85. The number of rotatable bonds is 3. The third-order valence-corrected chi connectivity index (χ3v) is 4.33. The van der Waals surface area contributed by atoms with Crippen LogP contribution in [0.3, 0.4) is 0 Å². The fourth-order valence-electron chi connectivity index (χ4n) is 1.97. The molecule has 0 radical (unpaired) electrons. The zero-order chi connectivity index (χ0) is 15.6. The summed E-state index contributed by atoms with van der Waals surface area (Å²) < 4.78 is 51.2. The van der Waals surface area contributed by atoms with Gasteiger partial charge in [-0.2, -0.15) is 13.2 Å². The number of anilines is 1. The Hall–Kier alpha value is -1.82. The summed E-state index contributed by atoms with van der Waals surface area (Å²) in [6.45, 7) is 1.84. The van der Waals surface area contributed by atoms with E-state index >= 15 is 0 Å². The third-order valence-electron chi connectivity index (χ3n) is 2.98. The summed E-state index contributed by atoms with van der Waals surface area (Å²) in [6.07, 6.45) is -4.51. The van der Waals surface area contributed by atoms with Crippen molar-refractivity contribution in [1.29, 1.82) is 0 Å². The van der Waals surface area contributed by atoms with E-state index in [1.807, 2.05) is 13.0 Å². The number of hydrogen-bond acceptors (Lipinski definition) is 2. The molecular weight excluding hydrogens is 299 g/mol. The van der Waals surface area contributed by atoms with Gasteiger partial charge in [0.15, 0.2) is 0 Å². The molecule has 2 N–H and O–H groups in total. The van der Waals surface area contributed by atoms with Crippen LogP contribution in [0.25, 0.3) is 0 Å². The van der Waals surface area contributed by atoms with Crippen LogP contribution < -0.4 is 5.73 Å². The minimum Gasteiger partial charge on any atom is -0.399 e. The zero-order valence-electron chi connectivity index (χ0n) is 11.3. The van der Waals surface area contributed by atoms with Crippen LogP contribution in [0.4, 0.5) is 18.9 Å². The highest BCUT2D eigenvalue weighted by molar-refractivity contribution is 7.84. The van der Waals surface area contributed by atoms with Crippen molar-refractivity contribution >= 4 is 16.5 Å². The monoisotopic (exact) mass is 313 g/mol. The predicted molar refractivity (Wildman–Crippen MR) is 77.1 cm³/mol. The lowest BCUT2D eigenvalue weighted by atomic mass is 10.1. The molecule has 0 saturated heterocycles. The van der Waals surface area contributed by atoms with Crippen LogP contribution in [-0.2, 0) is 22.7 Å². The summed E-state index contributed by atoms with van der Waals surface area (Å²) in [7, 11) is -1.54. The summed E-state index contributed by atoms with van der Waals surface area (Å²) >= 11 is 0. The van der Waals surface area contributed by atoms with Crippen molar-refractivity contribution in [2.45, 2.75) is 23.7 Å². The Kier molecular flexibility index (Phi) is 4.37. The maximum Gasteiger partial charge on any atom is 0.416 e. The van der Waals surface area contributed by atoms with Gasteiger partial charge in [0.25, 0.3) is 0 Å². The predicted octanol–water partition coefficient (Wildman–Crippen LogP) is 3.90. The Bertz CT molecular complexity index is 683. The molecule has 0 amide bonds. The molecule has 6 heteroatoms. The number of hydrogen-bond donors (Lipinski definition) is 1. The first-order chi connectivity index (χ1) is 9.77. The van der Waals surface area contributed by atoms with Gasteiger partial charge in [0.1, 0.15) is 0 Å². The molecule has 0 heterocycles. The first kappa shape index (κ1) is 15.6. The lowest BCUT2D eigenvalue weighted by Gasteiger charge is -2.13. The van der Waals surface area contributed by atoms with Gasteiger partial charge in [-0.05, 0) is 42.3 Å². The SMILES string of the molecule is Cc1cccc(S(=O)Cc2ccc(N)cc2C(F)(F)F)c1. The minimum absolute atomic E-state index is 0.0171. The molecule has 21 heavy (non-hydrogen) atoms. The highest BCUT2D eigenvalue weighted by Crippen LogP contribution is 2.34. The zero-order valence-corrected chi connectivity index (χ0v) is 12.1. The van der Waals surface area contributed by atoms with Crippen LogP contribution in [0, 0.1) is 6.92 Å². The van der Waals surface area contributed by atoms with Crippen molar-refractivity contribution in [2.75, 3.05) is 5.73 Å². The van der Waals surface area contributed by atoms with Crippen LogP contribution in [0.2, 0.25) is 0 Å². The molecule has 2 aromatic carbocycles. The molecule has 0 aliphatic rings. The van der Waals surface area contributed by atoms with Crippen LogP contribution in [-0.4, -0.2) is 4.21 Å². The second-order valence-corrected chi connectivity index (χ2v) is 6.17. The maximum atomic E-state index is 13.0. The fraction of sp³-hybridized carbons (Fsp3) is 0.200. The summed E-state index contributed by atoms with van der Waals surface area (Å²) in [6, 6.07) is 10.5. The van der Waals surface area contributed by atoms with E-state index in [0.29, 0.717) is 4.90 Å². The van der Waals surface area contributed by atoms with Gasteiger partial charge < -0.3 is 5.73 Å². The Morgan fingerprint density at radius 3 is 2.48 bits per heavy atom. The Morgan fingerprint density at radius 2 is 1.86 bits per heavy atom. The van der Waals surface area contributed by atoms with Crippen LogP contribution >= 0.6 is 0 Å². The largest absolute Gasteiger partial charge is 0.416 e. The van der Waals surface area contributed by atoms with E-state index in [9.17, 15) is 17.4 Å².